The summed E-state index contributed by atoms with van der Waals surface area (Å²) in [5, 5.41) is 7.83. The van der Waals surface area contributed by atoms with Gasteiger partial charge in [-0.25, -0.2) is 4.68 Å². The molecule has 234 valence electrons. The summed E-state index contributed by atoms with van der Waals surface area (Å²) in [4.78, 5) is 33.3. The Bertz CT molecular complexity index is 1880. The Morgan fingerprint density at radius 2 is 1.76 bits per heavy atom. The number of carbonyl (C=O) groups excluding carboxylic acids is 2. The number of aryl methyl sites for hydroxylation is 2. The van der Waals surface area contributed by atoms with Gasteiger partial charge in [0, 0.05) is 35.6 Å². The van der Waals surface area contributed by atoms with Crippen LogP contribution in [0.25, 0.3) is 16.9 Å². The summed E-state index contributed by atoms with van der Waals surface area (Å²) in [6, 6.07) is 25.4. The van der Waals surface area contributed by atoms with Crippen LogP contribution in [0.1, 0.15) is 33.1 Å². The van der Waals surface area contributed by atoms with E-state index in [1.54, 1.807) is 31.5 Å². The highest BCUT2D eigenvalue weighted by Gasteiger charge is 2.39. The minimum Gasteiger partial charge on any atom is -0.497 e. The van der Waals surface area contributed by atoms with E-state index < -0.39 is 0 Å². The van der Waals surface area contributed by atoms with Gasteiger partial charge in [-0.3, -0.25) is 19.5 Å². The Hall–Kier alpha value is -5.09. The van der Waals surface area contributed by atoms with Crippen molar-refractivity contribution in [1.82, 2.24) is 20.1 Å². The van der Waals surface area contributed by atoms with Gasteiger partial charge >= 0.3 is 0 Å². The van der Waals surface area contributed by atoms with E-state index in [2.05, 4.69) is 16.4 Å². The molecule has 0 saturated carbocycles. The average molecular weight is 634 g/mol. The molecule has 0 aliphatic carbocycles. The van der Waals surface area contributed by atoms with Gasteiger partial charge in [0.15, 0.2) is 0 Å². The van der Waals surface area contributed by atoms with Crippen LogP contribution in [0.5, 0.6) is 11.5 Å². The summed E-state index contributed by atoms with van der Waals surface area (Å²) >= 11 is 1.48. The van der Waals surface area contributed by atoms with E-state index in [0.29, 0.717) is 23.9 Å². The number of rotatable bonds is 9. The van der Waals surface area contributed by atoms with Crippen LogP contribution in [-0.4, -0.2) is 53.1 Å². The number of anilines is 1. The quantitative estimate of drug-likeness (QED) is 0.211. The first-order valence-electron chi connectivity index (χ1n) is 14.9. The van der Waals surface area contributed by atoms with Crippen molar-refractivity contribution in [3.63, 3.8) is 0 Å². The molecule has 0 radical (unpaired) electrons. The summed E-state index contributed by atoms with van der Waals surface area (Å²) < 4.78 is 13.3. The van der Waals surface area contributed by atoms with Crippen molar-refractivity contribution in [2.24, 2.45) is 0 Å². The molecule has 2 aromatic heterocycles. The lowest BCUT2D eigenvalue weighted by atomic mass is 9.98. The minimum atomic E-state index is -0.372. The van der Waals surface area contributed by atoms with Crippen molar-refractivity contribution in [3.05, 3.63) is 119 Å². The van der Waals surface area contributed by atoms with E-state index in [9.17, 15) is 9.59 Å². The molecular weight excluding hydrogens is 598 g/mol. The lowest BCUT2D eigenvalue weighted by molar-refractivity contribution is -0.123. The number of methoxy groups -OCH3 is 2. The van der Waals surface area contributed by atoms with E-state index in [1.165, 1.54) is 11.8 Å². The second-order valence-corrected chi connectivity index (χ2v) is 12.2. The summed E-state index contributed by atoms with van der Waals surface area (Å²) in [6.07, 6.45) is 3.37. The molecule has 5 aromatic rings. The number of nitrogens with one attached hydrogen (secondary N) is 1. The molecule has 0 fully saturated rings. The Kier molecular flexibility index (Phi) is 9.07. The number of nitrogens with zero attached hydrogens (tertiary/aromatic N) is 4. The van der Waals surface area contributed by atoms with Crippen LogP contribution >= 0.6 is 11.8 Å². The number of carbonyl (C=O) groups is 2. The zero-order chi connectivity index (χ0) is 32.2. The summed E-state index contributed by atoms with van der Waals surface area (Å²) in [5.41, 5.74) is 7.12. The molecule has 10 heteroatoms. The smallest absolute Gasteiger partial charge is 0.240 e. The Balaban J connectivity index is 1.57. The molecule has 6 rings (SSSR count). The maximum atomic E-state index is 14.1. The lowest BCUT2D eigenvalue weighted by Gasteiger charge is -2.24. The third-order valence-electron chi connectivity index (χ3n) is 7.98. The summed E-state index contributed by atoms with van der Waals surface area (Å²) in [7, 11) is 3.26. The average Bonchev–Trinajstić information content (AvgIpc) is 3.40. The van der Waals surface area contributed by atoms with Crippen LogP contribution in [0.4, 0.5) is 5.82 Å². The summed E-state index contributed by atoms with van der Waals surface area (Å²) in [5.74, 6) is 1.55. The Morgan fingerprint density at radius 3 is 2.48 bits per heavy atom. The van der Waals surface area contributed by atoms with Gasteiger partial charge in [0.25, 0.3) is 0 Å². The van der Waals surface area contributed by atoms with E-state index >= 15 is 0 Å². The fraction of sp³-hybridized carbons (Fsp3) is 0.222. The zero-order valence-corrected chi connectivity index (χ0v) is 27.0. The number of hydrogen-bond donors (Lipinski definition) is 1. The second-order valence-electron chi connectivity index (χ2n) is 11.1. The highest BCUT2D eigenvalue weighted by molar-refractivity contribution is 8.00. The largest absolute Gasteiger partial charge is 0.497 e. The third kappa shape index (κ3) is 6.21. The highest BCUT2D eigenvalue weighted by Crippen LogP contribution is 2.51. The molecule has 1 N–H and O–H groups in total. The zero-order valence-electron chi connectivity index (χ0n) is 26.2. The number of ether oxygens (including phenoxy) is 2. The number of fused-ring (bicyclic) bond motifs is 1. The van der Waals surface area contributed by atoms with Gasteiger partial charge in [0.2, 0.25) is 11.8 Å². The molecule has 3 heterocycles. The van der Waals surface area contributed by atoms with Crippen molar-refractivity contribution in [3.8, 4) is 28.4 Å². The Labute approximate surface area is 272 Å². The first kappa shape index (κ1) is 30.9. The maximum absolute atomic E-state index is 14.1. The molecule has 9 nitrogen and oxygen atoms in total. The first-order valence-corrected chi connectivity index (χ1v) is 16.0. The summed E-state index contributed by atoms with van der Waals surface area (Å²) in [6.45, 7) is 4.21. The van der Waals surface area contributed by atoms with Gasteiger partial charge < -0.3 is 14.8 Å². The number of thioether (sulfide) groups is 1. The van der Waals surface area contributed by atoms with Gasteiger partial charge in [-0.05, 0) is 61.4 Å². The van der Waals surface area contributed by atoms with Crippen LogP contribution in [0.15, 0.2) is 91.3 Å². The lowest BCUT2D eigenvalue weighted by Crippen LogP contribution is -2.42. The minimum absolute atomic E-state index is 0.137. The van der Waals surface area contributed by atoms with E-state index in [-0.39, 0.29) is 29.4 Å². The topological polar surface area (TPSA) is 98.6 Å². The van der Waals surface area contributed by atoms with Crippen molar-refractivity contribution in [2.45, 2.75) is 25.6 Å². The van der Waals surface area contributed by atoms with Crippen LogP contribution in [0, 0.1) is 13.8 Å². The van der Waals surface area contributed by atoms with Crippen LogP contribution < -0.4 is 19.7 Å². The number of aromatic nitrogens is 3. The third-order valence-corrected chi connectivity index (χ3v) is 9.21. The number of hydrogen-bond acceptors (Lipinski definition) is 7. The fourth-order valence-corrected chi connectivity index (χ4v) is 6.94. The molecular formula is C36H35N5O4S. The van der Waals surface area contributed by atoms with Crippen molar-refractivity contribution in [1.29, 1.82) is 0 Å². The van der Waals surface area contributed by atoms with Crippen LogP contribution in [-0.2, 0) is 16.1 Å². The van der Waals surface area contributed by atoms with Crippen LogP contribution in [0.2, 0.25) is 0 Å². The SMILES string of the molecule is COc1ccc(OC)c([C@H]2SCC(=O)N(CC(=O)NCc3ccncc3)c3c2c(-c2ccccc2)nn3-c2ccc(C)cc2C)c1. The standard InChI is InChI=1S/C36H35N5O4S/c1-23-10-12-29(24(2)18-23)41-36-33(34(39-41)26-8-6-5-7-9-26)35(28-19-27(44-3)11-13-30(28)45-4)46-22-32(43)40(36)21-31(42)38-20-25-14-16-37-17-15-25/h5-19,35H,20-22H2,1-4H3,(H,38,42)/t35-/m1/s1. The van der Waals surface area contributed by atoms with Gasteiger partial charge in [0.1, 0.15) is 23.9 Å². The van der Waals surface area contributed by atoms with Gasteiger partial charge in [-0.2, -0.15) is 5.10 Å². The van der Waals surface area contributed by atoms with Crippen molar-refractivity contribution >= 4 is 29.4 Å². The van der Waals surface area contributed by atoms with Crippen molar-refractivity contribution < 1.29 is 19.1 Å². The maximum Gasteiger partial charge on any atom is 0.240 e. The second kappa shape index (κ2) is 13.5. The monoisotopic (exact) mass is 633 g/mol. The first-order chi connectivity index (χ1) is 22.4. The predicted octanol–water partition coefficient (Wildman–Crippen LogP) is 6.05. The molecule has 1 aliphatic heterocycles. The number of pyridine rings is 1. The molecule has 46 heavy (non-hydrogen) atoms. The van der Waals surface area contributed by atoms with Crippen LogP contribution in [0.3, 0.4) is 0 Å². The van der Waals surface area contributed by atoms with Gasteiger partial charge in [-0.15, -0.1) is 11.8 Å². The molecule has 0 bridgehead atoms. The predicted molar refractivity (Wildman–Crippen MR) is 181 cm³/mol. The molecule has 3 aromatic carbocycles. The fourth-order valence-electron chi connectivity index (χ4n) is 5.73. The molecule has 1 aliphatic rings. The molecule has 0 spiro atoms. The van der Waals surface area contributed by atoms with E-state index in [0.717, 1.165) is 44.8 Å². The van der Waals surface area contributed by atoms with Crippen molar-refractivity contribution in [2.75, 3.05) is 31.4 Å². The normalized spacial score (nSPS) is 14.4. The van der Waals surface area contributed by atoms with Gasteiger partial charge in [0.05, 0.1) is 36.6 Å². The van der Waals surface area contributed by atoms with E-state index in [1.807, 2.05) is 91.3 Å². The molecule has 2 amide bonds. The molecule has 0 unspecified atom stereocenters. The number of amides is 2. The highest BCUT2D eigenvalue weighted by atomic mass is 32.2. The Morgan fingerprint density at radius 1 is 0.978 bits per heavy atom. The molecule has 1 atom stereocenters. The van der Waals surface area contributed by atoms with E-state index in [4.69, 9.17) is 14.6 Å². The van der Waals surface area contributed by atoms with Gasteiger partial charge in [-0.1, -0.05) is 48.0 Å². The molecule has 0 saturated heterocycles. The number of benzene rings is 3.